The molecule has 0 radical (unpaired) electrons. The molecule has 0 bridgehead atoms. The molecule has 0 aliphatic carbocycles. The molecular weight excluding hydrogens is 458 g/mol. The van der Waals surface area contributed by atoms with Crippen LogP contribution in [0.4, 0.5) is 0 Å². The van der Waals surface area contributed by atoms with Crippen LogP contribution in [0.25, 0.3) is 0 Å². The van der Waals surface area contributed by atoms with Gasteiger partial charge in [-0.2, -0.15) is 0 Å². The van der Waals surface area contributed by atoms with E-state index in [1.807, 2.05) is 0 Å². The topological polar surface area (TPSA) is 72.4 Å². The van der Waals surface area contributed by atoms with Gasteiger partial charge in [-0.25, -0.2) is 0 Å². The van der Waals surface area contributed by atoms with Gasteiger partial charge in [-0.3, -0.25) is 0 Å². The van der Waals surface area contributed by atoms with Crippen molar-refractivity contribution in [3.8, 4) is 0 Å². The molecule has 0 unspecified atom stereocenters. The van der Waals surface area contributed by atoms with E-state index in [-0.39, 0.29) is 123 Å². The average molecular weight is 491 g/mol. The van der Waals surface area contributed by atoms with Crippen LogP contribution < -0.4 is 126 Å². The van der Waals surface area contributed by atoms with E-state index >= 15 is 0 Å². The van der Waals surface area contributed by atoms with Crippen LogP contribution in [0.3, 0.4) is 0 Å². The van der Waals surface area contributed by atoms with Crippen molar-refractivity contribution in [1.29, 1.82) is 0 Å². The van der Waals surface area contributed by atoms with E-state index in [1.165, 1.54) is 70.6 Å². The van der Waals surface area contributed by atoms with Crippen molar-refractivity contribution in [2.45, 2.75) is 96.8 Å². The summed E-state index contributed by atoms with van der Waals surface area (Å²) in [7, 11) is -4.75. The molecule has 0 aromatic heterocycles. The number of unbranched alkanes of at least 4 members (excludes halogenated alkanes) is 13. The van der Waals surface area contributed by atoms with Crippen molar-refractivity contribution < 1.29 is 135 Å². The summed E-state index contributed by atoms with van der Waals surface area (Å²) in [6.45, 7) is 2.29. The Kier molecular flexibility index (Phi) is 32.5. The summed E-state index contributed by atoms with van der Waals surface area (Å²) in [6.07, 6.45) is 17.4. The summed E-state index contributed by atoms with van der Waals surface area (Å²) < 4.78 is 14.4. The largest absolute Gasteiger partial charge is 1.00 e. The second kappa shape index (κ2) is 23.8. The van der Waals surface area contributed by atoms with Gasteiger partial charge in [0.25, 0.3) is 0 Å². The van der Waals surface area contributed by atoms with Gasteiger partial charge in [-0.15, -0.1) is 0 Å². The molecule has 4 nitrogen and oxygen atoms in total. The molecule has 0 saturated heterocycles. The van der Waals surface area contributed by atoms with Crippen LogP contribution in [0.1, 0.15) is 96.8 Å². The predicted molar refractivity (Wildman–Crippen MR) is 83.9 cm³/mol. The molecule has 0 aromatic rings. The zero-order valence-electron chi connectivity index (χ0n) is 15.7. The van der Waals surface area contributed by atoms with Gasteiger partial charge < -0.3 is 18.9 Å². The zero-order valence-corrected chi connectivity index (χ0v) is 26.4. The third-order valence-corrected chi connectivity index (χ3v) is 4.25. The molecule has 0 spiro atoms. The maximum absolute atomic E-state index is 10.2. The number of phosphoric acid groups is 1. The number of rotatable bonds is 16. The molecule has 0 fully saturated rings. The van der Waals surface area contributed by atoms with Gasteiger partial charge in [0, 0.05) is 0 Å². The fourth-order valence-corrected chi connectivity index (χ4v) is 2.83. The summed E-state index contributed by atoms with van der Waals surface area (Å²) in [6, 6.07) is 0. The molecule has 7 heteroatoms. The van der Waals surface area contributed by atoms with Crippen LogP contribution in [0, 0.1) is 0 Å². The molecule has 23 heavy (non-hydrogen) atoms. The van der Waals surface area contributed by atoms with E-state index in [4.69, 9.17) is 0 Å². The third kappa shape index (κ3) is 30.7. The SMILES string of the molecule is CCCCCCCCCCCCCCCCOP(=O)([O-])[O-].[Rb+].[Rb+]. The van der Waals surface area contributed by atoms with Crippen molar-refractivity contribution in [3.05, 3.63) is 0 Å². The Labute approximate surface area is 241 Å². The minimum atomic E-state index is -4.75. The Hall–Kier alpha value is 3.72. The van der Waals surface area contributed by atoms with E-state index in [1.54, 1.807) is 0 Å². The molecule has 0 aromatic carbocycles. The minimum absolute atomic E-state index is 0. The van der Waals surface area contributed by atoms with Crippen LogP contribution in [0.5, 0.6) is 0 Å². The van der Waals surface area contributed by atoms with Crippen LogP contribution in [0.2, 0.25) is 0 Å². The third-order valence-electron chi connectivity index (χ3n) is 3.75. The summed E-state index contributed by atoms with van der Waals surface area (Å²) in [5, 5.41) is 0. The quantitative estimate of drug-likeness (QED) is 0.191. The van der Waals surface area contributed by atoms with Gasteiger partial charge in [-0.05, 0) is 6.42 Å². The molecular formula is C16H33O4PRb2. The normalized spacial score (nSPS) is 10.9. The van der Waals surface area contributed by atoms with E-state index in [9.17, 15) is 14.4 Å². The Morgan fingerprint density at radius 3 is 1.26 bits per heavy atom. The first-order chi connectivity index (χ1) is 10.1. The van der Waals surface area contributed by atoms with Gasteiger partial charge in [0.05, 0.1) is 14.4 Å². The van der Waals surface area contributed by atoms with Crippen molar-refractivity contribution in [2.24, 2.45) is 0 Å². The predicted octanol–water partition coefficient (Wildman–Crippen LogP) is -1.68. The van der Waals surface area contributed by atoms with Gasteiger partial charge in [0.15, 0.2) is 0 Å². The summed E-state index contributed by atoms with van der Waals surface area (Å²) in [4.78, 5) is 20.4. The Morgan fingerprint density at radius 2 is 0.957 bits per heavy atom. The van der Waals surface area contributed by atoms with Gasteiger partial charge >= 0.3 is 116 Å². The first-order valence-electron chi connectivity index (χ1n) is 8.73. The van der Waals surface area contributed by atoms with Crippen molar-refractivity contribution in [2.75, 3.05) is 6.61 Å². The summed E-state index contributed by atoms with van der Waals surface area (Å²) in [5.41, 5.74) is 0. The second-order valence-corrected chi connectivity index (χ2v) is 7.03. The van der Waals surface area contributed by atoms with E-state index < -0.39 is 7.82 Å². The van der Waals surface area contributed by atoms with E-state index in [0.717, 1.165) is 12.8 Å². The number of phosphoric ester groups is 1. The molecule has 0 heterocycles. The van der Waals surface area contributed by atoms with Crippen molar-refractivity contribution in [3.63, 3.8) is 0 Å². The first kappa shape index (κ1) is 31.4. The first-order valence-corrected chi connectivity index (χ1v) is 10.2. The monoisotopic (exact) mass is 490 g/mol. The standard InChI is InChI=1S/C16H35O4P.2Rb/c1-2-3-4-5-6-7-8-9-10-11-12-13-14-15-16-20-21(17,18)19;;/h2-16H2,1H3,(H2,17,18,19);;/q;2*+1/p-2. The van der Waals surface area contributed by atoms with E-state index in [0.29, 0.717) is 6.42 Å². The van der Waals surface area contributed by atoms with Crippen LogP contribution >= 0.6 is 7.82 Å². The average Bonchev–Trinajstić information content (AvgIpc) is 2.42. The smallest absolute Gasteiger partial charge is 0.790 e. The Balaban J connectivity index is -0.00000200. The maximum atomic E-state index is 10.2. The fraction of sp³-hybridized carbons (Fsp3) is 1.00. The molecule has 0 aliphatic rings. The molecule has 0 amide bonds. The molecule has 0 N–H and O–H groups in total. The van der Waals surface area contributed by atoms with Gasteiger partial charge in [0.2, 0.25) is 0 Å². The van der Waals surface area contributed by atoms with E-state index in [2.05, 4.69) is 11.4 Å². The molecule has 128 valence electrons. The Morgan fingerprint density at radius 1 is 0.652 bits per heavy atom. The maximum Gasteiger partial charge on any atom is 1.00 e. The molecule has 0 atom stereocenters. The summed E-state index contributed by atoms with van der Waals surface area (Å²) in [5.74, 6) is 0. The zero-order chi connectivity index (χ0) is 15.8. The molecule has 0 rings (SSSR count). The minimum Gasteiger partial charge on any atom is -0.790 e. The van der Waals surface area contributed by atoms with Crippen LogP contribution in [-0.2, 0) is 9.09 Å². The second-order valence-electron chi connectivity index (χ2n) is 5.88. The fourth-order valence-electron chi connectivity index (χ4n) is 2.47. The Bertz CT molecular complexity index is 262. The molecule has 0 aliphatic heterocycles. The van der Waals surface area contributed by atoms with Crippen molar-refractivity contribution in [1.82, 2.24) is 0 Å². The van der Waals surface area contributed by atoms with Gasteiger partial charge in [-0.1, -0.05) is 90.4 Å². The number of hydrogen-bond donors (Lipinski definition) is 0. The van der Waals surface area contributed by atoms with Crippen LogP contribution in [0.15, 0.2) is 0 Å². The van der Waals surface area contributed by atoms with Gasteiger partial charge in [0.1, 0.15) is 0 Å². The molecule has 0 saturated carbocycles. The van der Waals surface area contributed by atoms with Crippen LogP contribution in [-0.4, -0.2) is 6.61 Å². The van der Waals surface area contributed by atoms with Crippen molar-refractivity contribution >= 4 is 7.82 Å². The number of hydrogen-bond acceptors (Lipinski definition) is 4. The summed E-state index contributed by atoms with van der Waals surface area (Å²) >= 11 is 0.